The second kappa shape index (κ2) is 5.55. The van der Waals surface area contributed by atoms with Gasteiger partial charge in [0.25, 0.3) is 0 Å². The molecule has 0 N–H and O–H groups in total. The molecule has 1 saturated carbocycles. The highest BCUT2D eigenvalue weighted by Crippen LogP contribution is 2.51. The second-order valence-electron chi connectivity index (χ2n) is 6.80. The van der Waals surface area contributed by atoms with Gasteiger partial charge >= 0.3 is 0 Å². The van der Waals surface area contributed by atoms with E-state index in [1.807, 2.05) is 20.8 Å². The van der Waals surface area contributed by atoms with Gasteiger partial charge in [0.15, 0.2) is 0 Å². The van der Waals surface area contributed by atoms with Gasteiger partial charge in [-0.1, -0.05) is 6.92 Å². The highest BCUT2D eigenvalue weighted by Gasteiger charge is 2.51. The van der Waals surface area contributed by atoms with E-state index in [1.54, 1.807) is 4.31 Å². The number of rotatable bonds is 6. The summed E-state index contributed by atoms with van der Waals surface area (Å²) < 4.78 is 38.2. The monoisotopic (exact) mass is 305 g/mol. The summed E-state index contributed by atoms with van der Waals surface area (Å²) in [5.74, 6) is 0.0282. The molecule has 2 aliphatic rings. The van der Waals surface area contributed by atoms with Crippen molar-refractivity contribution in [3.05, 3.63) is 0 Å². The SMILES string of the molecule is CCOC(C)(C)CS(=O)(=O)N1CCOCC1C1(C)CC1. The first-order valence-electron chi connectivity index (χ1n) is 7.41. The largest absolute Gasteiger partial charge is 0.378 e. The van der Waals surface area contributed by atoms with Gasteiger partial charge in [-0.2, -0.15) is 4.31 Å². The normalized spacial score (nSPS) is 27.5. The second-order valence-corrected chi connectivity index (χ2v) is 8.73. The highest BCUT2D eigenvalue weighted by molar-refractivity contribution is 7.89. The maximum atomic E-state index is 12.8. The molecule has 1 aliphatic carbocycles. The third-order valence-electron chi connectivity index (χ3n) is 4.34. The smallest absolute Gasteiger partial charge is 0.217 e. The first kappa shape index (κ1) is 16.2. The molecule has 2 fully saturated rings. The Bertz CT molecular complexity index is 442. The van der Waals surface area contributed by atoms with Crippen LogP contribution in [0.3, 0.4) is 0 Å². The zero-order valence-electron chi connectivity index (χ0n) is 13.0. The van der Waals surface area contributed by atoms with Gasteiger partial charge in [0.1, 0.15) is 0 Å². The third-order valence-corrected chi connectivity index (χ3v) is 6.56. The van der Waals surface area contributed by atoms with Crippen LogP contribution in [0.25, 0.3) is 0 Å². The van der Waals surface area contributed by atoms with Gasteiger partial charge in [0.05, 0.1) is 30.6 Å². The van der Waals surface area contributed by atoms with Crippen molar-refractivity contribution in [3.63, 3.8) is 0 Å². The molecule has 20 heavy (non-hydrogen) atoms. The Hall–Kier alpha value is -0.170. The van der Waals surface area contributed by atoms with Crippen LogP contribution >= 0.6 is 0 Å². The summed E-state index contributed by atoms with van der Waals surface area (Å²) in [7, 11) is -3.33. The van der Waals surface area contributed by atoms with Crippen LogP contribution in [0, 0.1) is 5.41 Å². The standard InChI is InChI=1S/C14H27NO4S/c1-5-19-13(2,3)11-20(16,17)15-8-9-18-10-12(15)14(4)6-7-14/h12H,5-11H2,1-4H3. The lowest BCUT2D eigenvalue weighted by Crippen LogP contribution is -2.54. The topological polar surface area (TPSA) is 55.8 Å². The van der Waals surface area contributed by atoms with Gasteiger partial charge < -0.3 is 9.47 Å². The van der Waals surface area contributed by atoms with Crippen molar-refractivity contribution >= 4 is 10.0 Å². The van der Waals surface area contributed by atoms with Crippen LogP contribution in [0.4, 0.5) is 0 Å². The van der Waals surface area contributed by atoms with Gasteiger partial charge in [0.2, 0.25) is 10.0 Å². The van der Waals surface area contributed by atoms with Crippen LogP contribution in [0.2, 0.25) is 0 Å². The molecule has 118 valence electrons. The predicted molar refractivity (Wildman–Crippen MR) is 78.1 cm³/mol. The molecule has 0 amide bonds. The molecule has 1 heterocycles. The van der Waals surface area contributed by atoms with Crippen LogP contribution in [0.1, 0.15) is 40.5 Å². The molecular formula is C14H27NO4S. The molecule has 1 unspecified atom stereocenters. The Kier molecular flexibility index (Phi) is 4.50. The van der Waals surface area contributed by atoms with Crippen LogP contribution < -0.4 is 0 Å². The molecule has 0 radical (unpaired) electrons. The molecular weight excluding hydrogens is 278 g/mol. The number of morpholine rings is 1. The minimum atomic E-state index is -3.33. The minimum absolute atomic E-state index is 0.0151. The van der Waals surface area contributed by atoms with Crippen molar-refractivity contribution in [3.8, 4) is 0 Å². The summed E-state index contributed by atoms with van der Waals surface area (Å²) in [6, 6.07) is -0.0151. The van der Waals surface area contributed by atoms with Crippen molar-refractivity contribution in [1.29, 1.82) is 0 Å². The van der Waals surface area contributed by atoms with E-state index in [2.05, 4.69) is 6.92 Å². The Labute approximate surface area is 122 Å². The van der Waals surface area contributed by atoms with Crippen LogP contribution in [0.5, 0.6) is 0 Å². The molecule has 5 nitrogen and oxygen atoms in total. The first-order valence-corrected chi connectivity index (χ1v) is 9.02. The van der Waals surface area contributed by atoms with Gasteiger partial charge in [-0.3, -0.25) is 0 Å². The Morgan fingerprint density at radius 2 is 2.05 bits per heavy atom. The molecule has 1 aliphatic heterocycles. The molecule has 2 rings (SSSR count). The maximum absolute atomic E-state index is 12.8. The van der Waals surface area contributed by atoms with E-state index in [4.69, 9.17) is 9.47 Å². The summed E-state index contributed by atoms with van der Waals surface area (Å²) in [6.45, 7) is 9.70. The fourth-order valence-electron chi connectivity index (χ4n) is 2.96. The first-order chi connectivity index (χ1) is 9.20. The van der Waals surface area contributed by atoms with Gasteiger partial charge in [-0.25, -0.2) is 8.42 Å². The summed E-state index contributed by atoms with van der Waals surface area (Å²) in [5, 5.41) is 0. The lowest BCUT2D eigenvalue weighted by Gasteiger charge is -2.39. The van der Waals surface area contributed by atoms with E-state index in [0.717, 1.165) is 12.8 Å². The molecule has 1 atom stereocenters. The zero-order valence-corrected chi connectivity index (χ0v) is 13.8. The van der Waals surface area contributed by atoms with Crippen molar-refractivity contribution in [2.24, 2.45) is 5.41 Å². The van der Waals surface area contributed by atoms with Gasteiger partial charge in [-0.15, -0.1) is 0 Å². The van der Waals surface area contributed by atoms with E-state index in [-0.39, 0.29) is 17.2 Å². The van der Waals surface area contributed by atoms with Gasteiger partial charge in [-0.05, 0) is 39.0 Å². The van der Waals surface area contributed by atoms with E-state index < -0.39 is 15.6 Å². The third kappa shape index (κ3) is 3.53. The van der Waals surface area contributed by atoms with Crippen molar-refractivity contribution in [2.45, 2.75) is 52.2 Å². The summed E-state index contributed by atoms with van der Waals surface area (Å²) in [4.78, 5) is 0. The Balaban J connectivity index is 2.14. The van der Waals surface area contributed by atoms with Gasteiger partial charge in [0, 0.05) is 13.2 Å². The summed E-state index contributed by atoms with van der Waals surface area (Å²) >= 11 is 0. The fraction of sp³-hybridized carbons (Fsp3) is 1.00. The Morgan fingerprint density at radius 3 is 2.60 bits per heavy atom. The zero-order chi connectivity index (χ0) is 15.0. The lowest BCUT2D eigenvalue weighted by atomic mass is 9.99. The molecule has 1 saturated heterocycles. The molecule has 0 aromatic heterocycles. The molecule has 6 heteroatoms. The van der Waals surface area contributed by atoms with E-state index >= 15 is 0 Å². The molecule has 0 aromatic carbocycles. The lowest BCUT2D eigenvalue weighted by molar-refractivity contribution is -0.00327. The van der Waals surface area contributed by atoms with E-state index in [9.17, 15) is 8.42 Å². The number of hydrogen-bond donors (Lipinski definition) is 0. The maximum Gasteiger partial charge on any atom is 0.217 e. The van der Waals surface area contributed by atoms with Crippen LogP contribution in [0.15, 0.2) is 0 Å². The average Bonchev–Trinajstić information content (AvgIpc) is 3.07. The number of sulfonamides is 1. The van der Waals surface area contributed by atoms with Crippen molar-refractivity contribution < 1.29 is 17.9 Å². The molecule has 0 aromatic rings. The Morgan fingerprint density at radius 1 is 1.40 bits per heavy atom. The quantitative estimate of drug-likeness (QED) is 0.748. The number of hydrogen-bond acceptors (Lipinski definition) is 4. The number of ether oxygens (including phenoxy) is 2. The van der Waals surface area contributed by atoms with E-state index in [1.165, 1.54) is 0 Å². The van der Waals surface area contributed by atoms with E-state index in [0.29, 0.717) is 26.4 Å². The van der Waals surface area contributed by atoms with Crippen molar-refractivity contribution in [2.75, 3.05) is 32.1 Å². The molecule has 0 bridgehead atoms. The van der Waals surface area contributed by atoms with Crippen LogP contribution in [-0.4, -0.2) is 56.5 Å². The minimum Gasteiger partial charge on any atom is -0.378 e. The summed E-state index contributed by atoms with van der Waals surface area (Å²) in [6.07, 6.45) is 2.17. The number of nitrogens with zero attached hydrogens (tertiary/aromatic N) is 1. The molecule has 0 spiro atoms. The predicted octanol–water partition coefficient (Wildman–Crippen LogP) is 1.63. The van der Waals surface area contributed by atoms with Crippen molar-refractivity contribution in [1.82, 2.24) is 4.31 Å². The average molecular weight is 305 g/mol. The fourth-order valence-corrected chi connectivity index (χ4v) is 5.14. The highest BCUT2D eigenvalue weighted by atomic mass is 32.2. The van der Waals surface area contributed by atoms with Crippen LogP contribution in [-0.2, 0) is 19.5 Å². The summed E-state index contributed by atoms with van der Waals surface area (Å²) in [5.41, 5.74) is -0.551.